The number of halogens is 5. The van der Waals surface area contributed by atoms with Crippen LogP contribution in [0.25, 0.3) is 0 Å². The third-order valence-corrected chi connectivity index (χ3v) is 5.60. The van der Waals surface area contributed by atoms with Crippen molar-refractivity contribution in [3.63, 3.8) is 0 Å². The zero-order valence-electron chi connectivity index (χ0n) is 15.6. The van der Waals surface area contributed by atoms with E-state index in [1.165, 1.54) is 20.1 Å². The van der Waals surface area contributed by atoms with Gasteiger partial charge in [0.1, 0.15) is 11.2 Å². The quantitative estimate of drug-likeness (QED) is 0.663. The van der Waals surface area contributed by atoms with Gasteiger partial charge in [-0.15, -0.1) is 0 Å². The van der Waals surface area contributed by atoms with Crippen molar-refractivity contribution in [2.24, 2.45) is 16.3 Å². The zero-order chi connectivity index (χ0) is 22.0. The molecule has 0 saturated carbocycles. The molecule has 0 aliphatic carbocycles. The van der Waals surface area contributed by atoms with E-state index in [2.05, 4.69) is 4.99 Å². The highest BCUT2D eigenvalue weighted by Gasteiger charge is 2.59. The monoisotopic (exact) mass is 434 g/mol. The molecule has 2 rings (SSSR count). The van der Waals surface area contributed by atoms with Gasteiger partial charge in [0.15, 0.2) is 0 Å². The lowest BCUT2D eigenvalue weighted by Gasteiger charge is -2.47. The Morgan fingerprint density at radius 3 is 2.59 bits per heavy atom. The van der Waals surface area contributed by atoms with Gasteiger partial charge >= 0.3 is 12.1 Å². The predicted molar refractivity (Wildman–Crippen MR) is 97.4 cm³/mol. The third kappa shape index (κ3) is 4.54. The molecule has 4 unspecified atom stereocenters. The van der Waals surface area contributed by atoms with E-state index in [4.69, 9.17) is 16.3 Å². The Balaban J connectivity index is 2.80. The number of alkyl halides is 3. The van der Waals surface area contributed by atoms with Crippen molar-refractivity contribution >= 4 is 23.3 Å². The molecule has 1 aromatic carbocycles. The lowest BCUT2D eigenvalue weighted by molar-refractivity contribution is -0.164. The highest BCUT2D eigenvalue weighted by molar-refractivity contribution is 6.31. The summed E-state index contributed by atoms with van der Waals surface area (Å²) < 4.78 is 57.8. The second-order valence-electron chi connectivity index (χ2n) is 6.95. The van der Waals surface area contributed by atoms with Gasteiger partial charge in [0.2, 0.25) is 0 Å². The number of rotatable bonds is 6. The van der Waals surface area contributed by atoms with Gasteiger partial charge in [-0.05, 0) is 31.0 Å². The molecule has 0 aromatic heterocycles. The van der Waals surface area contributed by atoms with Crippen LogP contribution in [0, 0.1) is 28.5 Å². The summed E-state index contributed by atoms with van der Waals surface area (Å²) in [6, 6.07) is 3.93. The van der Waals surface area contributed by atoms with Crippen LogP contribution >= 0.6 is 11.6 Å². The summed E-state index contributed by atoms with van der Waals surface area (Å²) >= 11 is 6.14. The number of ether oxygens (including phenoxy) is 1. The SMILES string of the molecule is COCC1N=C(C)C(C#N)C(c2ccc(F)cc2Cl)C1(CCC(F)(F)F)C(=O)O. The number of nitriles is 1. The lowest BCUT2D eigenvalue weighted by atomic mass is 9.58. The largest absolute Gasteiger partial charge is 0.481 e. The number of carbonyl (C=O) groups is 1. The summed E-state index contributed by atoms with van der Waals surface area (Å²) in [6.45, 7) is 1.23. The van der Waals surface area contributed by atoms with E-state index in [0.29, 0.717) is 0 Å². The van der Waals surface area contributed by atoms with Crippen molar-refractivity contribution in [2.45, 2.75) is 37.9 Å². The first-order valence-corrected chi connectivity index (χ1v) is 9.03. The summed E-state index contributed by atoms with van der Waals surface area (Å²) in [4.78, 5) is 16.7. The van der Waals surface area contributed by atoms with Gasteiger partial charge in [-0.2, -0.15) is 18.4 Å². The molecule has 0 amide bonds. The van der Waals surface area contributed by atoms with E-state index >= 15 is 0 Å². The van der Waals surface area contributed by atoms with Crippen molar-refractivity contribution in [1.82, 2.24) is 0 Å². The maximum atomic E-state index is 13.6. The van der Waals surface area contributed by atoms with Gasteiger partial charge in [-0.1, -0.05) is 17.7 Å². The van der Waals surface area contributed by atoms with E-state index in [1.54, 1.807) is 0 Å². The van der Waals surface area contributed by atoms with Gasteiger partial charge in [0, 0.05) is 30.2 Å². The Kier molecular flexibility index (Phi) is 6.91. The van der Waals surface area contributed by atoms with Crippen molar-refractivity contribution in [3.05, 3.63) is 34.6 Å². The fourth-order valence-corrected chi connectivity index (χ4v) is 4.25. The Morgan fingerprint density at radius 1 is 1.45 bits per heavy atom. The smallest absolute Gasteiger partial charge is 0.389 e. The molecular formula is C19H19ClF4N2O3. The molecule has 29 heavy (non-hydrogen) atoms. The summed E-state index contributed by atoms with van der Waals surface area (Å²) in [7, 11) is 1.28. The minimum absolute atomic E-state index is 0.0829. The minimum atomic E-state index is -4.63. The van der Waals surface area contributed by atoms with Crippen LogP contribution in [-0.4, -0.2) is 42.7 Å². The lowest BCUT2D eigenvalue weighted by Crippen LogP contribution is -2.55. The van der Waals surface area contributed by atoms with E-state index in [9.17, 15) is 32.7 Å². The van der Waals surface area contributed by atoms with Crippen LogP contribution in [0.5, 0.6) is 0 Å². The Bertz CT molecular complexity index is 853. The molecule has 10 heteroatoms. The van der Waals surface area contributed by atoms with Crippen LogP contribution in [-0.2, 0) is 9.53 Å². The van der Waals surface area contributed by atoms with Crippen molar-refractivity contribution in [1.29, 1.82) is 5.26 Å². The zero-order valence-corrected chi connectivity index (χ0v) is 16.4. The normalized spacial score (nSPS) is 27.2. The van der Waals surface area contributed by atoms with Crippen molar-refractivity contribution in [3.8, 4) is 6.07 Å². The number of aliphatic carboxylic acids is 1. The molecule has 0 bridgehead atoms. The average molecular weight is 435 g/mol. The number of nitrogens with zero attached hydrogens (tertiary/aromatic N) is 2. The second-order valence-corrected chi connectivity index (χ2v) is 7.36. The number of aliphatic imine (C=N–C) groups is 1. The fraction of sp³-hybridized carbons (Fsp3) is 0.526. The topological polar surface area (TPSA) is 82.7 Å². The fourth-order valence-electron chi connectivity index (χ4n) is 3.96. The van der Waals surface area contributed by atoms with Gasteiger partial charge in [0.25, 0.3) is 0 Å². The number of hydrogen-bond acceptors (Lipinski definition) is 4. The molecule has 1 heterocycles. The molecule has 158 valence electrons. The van der Waals surface area contributed by atoms with E-state index in [1.807, 2.05) is 6.07 Å². The third-order valence-electron chi connectivity index (χ3n) is 5.27. The summed E-state index contributed by atoms with van der Waals surface area (Å²) in [5.74, 6) is -4.68. The summed E-state index contributed by atoms with van der Waals surface area (Å²) in [5, 5.41) is 19.7. The number of hydrogen-bond donors (Lipinski definition) is 1. The minimum Gasteiger partial charge on any atom is -0.481 e. The van der Waals surface area contributed by atoms with Gasteiger partial charge in [0.05, 0.1) is 24.6 Å². The Labute approximate surface area is 169 Å². The second kappa shape index (κ2) is 8.67. The van der Waals surface area contributed by atoms with Crippen LogP contribution < -0.4 is 0 Å². The maximum Gasteiger partial charge on any atom is 0.389 e. The average Bonchev–Trinajstić information content (AvgIpc) is 2.60. The van der Waals surface area contributed by atoms with E-state index < -0.39 is 54.1 Å². The highest BCUT2D eigenvalue weighted by Crippen LogP contribution is 2.54. The Morgan fingerprint density at radius 2 is 2.10 bits per heavy atom. The first-order chi connectivity index (χ1) is 13.5. The first-order valence-electron chi connectivity index (χ1n) is 8.66. The molecule has 0 saturated heterocycles. The van der Waals surface area contributed by atoms with Crippen LogP contribution in [0.1, 0.15) is 31.2 Å². The number of methoxy groups -OCH3 is 1. The predicted octanol–water partition coefficient (Wildman–Crippen LogP) is 4.61. The molecule has 0 spiro atoms. The van der Waals surface area contributed by atoms with Crippen LogP contribution in [0.4, 0.5) is 17.6 Å². The van der Waals surface area contributed by atoms with Crippen LogP contribution in [0.2, 0.25) is 5.02 Å². The Hall–Kier alpha value is -2.18. The van der Waals surface area contributed by atoms with Crippen molar-refractivity contribution in [2.75, 3.05) is 13.7 Å². The van der Waals surface area contributed by atoms with Crippen LogP contribution in [0.3, 0.4) is 0 Å². The van der Waals surface area contributed by atoms with Crippen LogP contribution in [0.15, 0.2) is 23.2 Å². The molecule has 1 aliphatic heterocycles. The molecule has 1 aromatic rings. The summed E-state index contributed by atoms with van der Waals surface area (Å²) in [5.41, 5.74) is -1.80. The van der Waals surface area contributed by atoms with Crippen molar-refractivity contribution < 1.29 is 32.2 Å². The first kappa shape index (κ1) is 23.1. The van der Waals surface area contributed by atoms with Gasteiger partial charge in [-0.25, -0.2) is 4.39 Å². The standard InChI is InChI=1S/C19H19ClF4N2O3/c1-10-13(8-25)16(12-4-3-11(21)7-14(12)20)18(17(27)28,5-6-19(22,23)24)15(26-10)9-29-2/h3-4,7,13,15-16H,5-6,9H2,1-2H3,(H,27,28). The highest BCUT2D eigenvalue weighted by atomic mass is 35.5. The van der Waals surface area contributed by atoms with Gasteiger partial charge < -0.3 is 9.84 Å². The number of carboxylic acids is 1. The maximum absolute atomic E-state index is 13.6. The molecule has 1 N–H and O–H groups in total. The van der Waals surface area contributed by atoms with Gasteiger partial charge in [-0.3, -0.25) is 9.79 Å². The molecule has 0 radical (unpaired) electrons. The summed E-state index contributed by atoms with van der Waals surface area (Å²) in [6.07, 6.45) is -6.87. The molecular weight excluding hydrogens is 416 g/mol. The van der Waals surface area contributed by atoms with E-state index in [-0.39, 0.29) is 22.9 Å². The molecule has 1 aliphatic rings. The molecule has 0 fully saturated rings. The number of carboxylic acid groups (broad SMARTS) is 1. The number of benzene rings is 1. The molecule has 4 atom stereocenters. The molecule has 5 nitrogen and oxygen atoms in total. The van der Waals surface area contributed by atoms with E-state index in [0.717, 1.165) is 12.1 Å².